The quantitative estimate of drug-likeness (QED) is 0.571. The molecule has 0 bridgehead atoms. The molecule has 0 amide bonds. The van der Waals surface area contributed by atoms with E-state index in [-0.39, 0.29) is 23.7 Å². The third-order valence-corrected chi connectivity index (χ3v) is 9.18. The molecule has 0 aliphatic rings. The van der Waals surface area contributed by atoms with Crippen LogP contribution in [-0.4, -0.2) is 27.6 Å². The van der Waals surface area contributed by atoms with Gasteiger partial charge < -0.3 is 8.84 Å². The van der Waals surface area contributed by atoms with Crippen LogP contribution >= 0.6 is 0 Å². The fourth-order valence-corrected chi connectivity index (χ4v) is 5.50. The summed E-state index contributed by atoms with van der Waals surface area (Å²) in [6, 6.07) is 10.3. The van der Waals surface area contributed by atoms with E-state index < -0.39 is 0 Å². The highest BCUT2D eigenvalue weighted by atomic mass is 29.5. The average Bonchev–Trinajstić information content (AvgIpc) is 2.87. The molecule has 19 heavy (non-hydrogen) atoms. The van der Waals surface area contributed by atoms with E-state index in [1.807, 2.05) is 12.1 Å². The largest absolute Gasteiger partial charge is 0.552 e. The maximum Gasteiger partial charge on any atom is 0.195 e. The van der Waals surface area contributed by atoms with Gasteiger partial charge in [0.15, 0.2) is 15.0 Å². The van der Waals surface area contributed by atoms with Gasteiger partial charge >= 0.3 is 0 Å². The van der Waals surface area contributed by atoms with Crippen molar-refractivity contribution in [3.05, 3.63) is 65.9 Å². The lowest BCUT2D eigenvalue weighted by Gasteiger charge is -2.05. The molecular formula is C13H17FO2Si3. The first kappa shape index (κ1) is 14.0. The molecular weight excluding hydrogens is 291 g/mol. The van der Waals surface area contributed by atoms with Gasteiger partial charge in [0, 0.05) is 15.0 Å². The van der Waals surface area contributed by atoms with Crippen LogP contribution in [0.2, 0.25) is 0 Å². The number of hydrogen-bond donors (Lipinski definition) is 0. The van der Waals surface area contributed by atoms with E-state index in [0.717, 1.165) is 11.3 Å². The monoisotopic (exact) mass is 308 g/mol. The van der Waals surface area contributed by atoms with E-state index in [2.05, 4.69) is 6.58 Å². The van der Waals surface area contributed by atoms with Gasteiger partial charge in [0.25, 0.3) is 0 Å². The van der Waals surface area contributed by atoms with Crippen LogP contribution < -0.4 is 0 Å². The van der Waals surface area contributed by atoms with Gasteiger partial charge in [0.1, 0.15) is 17.3 Å². The minimum absolute atomic E-state index is 0.140. The van der Waals surface area contributed by atoms with Gasteiger partial charge in [-0.2, -0.15) is 0 Å². The molecule has 0 atom stereocenters. The summed E-state index contributed by atoms with van der Waals surface area (Å²) in [5.74, 6) is 2.01. The second-order valence-electron chi connectivity index (χ2n) is 4.34. The van der Waals surface area contributed by atoms with E-state index in [4.69, 9.17) is 8.84 Å². The smallest absolute Gasteiger partial charge is 0.195 e. The van der Waals surface area contributed by atoms with Crippen LogP contribution in [0.3, 0.4) is 0 Å². The Morgan fingerprint density at radius 3 is 2.68 bits per heavy atom. The van der Waals surface area contributed by atoms with Crippen LogP contribution in [-0.2, 0) is 10.8 Å². The van der Waals surface area contributed by atoms with E-state index in [1.165, 1.54) is 21.9 Å². The number of hydrogen-bond acceptors (Lipinski definition) is 2. The third-order valence-electron chi connectivity index (χ3n) is 2.71. The van der Waals surface area contributed by atoms with Crippen molar-refractivity contribution in [3.63, 3.8) is 0 Å². The standard InChI is InChI=1S/C13H17FO2Si3/c1-9(16-18-19-17)13-7-6-12(15-13)8-10-2-4-11(14)5-3-10/h2-7H,1,8,18-19H2,17H3. The van der Waals surface area contributed by atoms with Gasteiger partial charge in [-0.25, -0.2) is 4.39 Å². The predicted molar refractivity (Wildman–Crippen MR) is 85.1 cm³/mol. The van der Waals surface area contributed by atoms with Gasteiger partial charge in [-0.05, 0) is 39.6 Å². The molecule has 1 aromatic heterocycles. The summed E-state index contributed by atoms with van der Waals surface area (Å²) in [5.41, 5.74) is 1.02. The Labute approximate surface area is 119 Å². The highest BCUT2D eigenvalue weighted by molar-refractivity contribution is 7.22. The minimum atomic E-state index is -0.322. The molecule has 0 aliphatic heterocycles. The van der Waals surface area contributed by atoms with E-state index in [0.29, 0.717) is 17.9 Å². The molecule has 6 heteroatoms. The summed E-state index contributed by atoms with van der Waals surface area (Å²) in [7, 11) is 1.14. The van der Waals surface area contributed by atoms with Crippen LogP contribution in [0.4, 0.5) is 4.39 Å². The lowest BCUT2D eigenvalue weighted by molar-refractivity contribution is 0.466. The molecule has 2 rings (SSSR count). The van der Waals surface area contributed by atoms with Crippen molar-refractivity contribution >= 4 is 33.4 Å². The van der Waals surface area contributed by atoms with Crippen molar-refractivity contribution in [2.45, 2.75) is 6.42 Å². The number of halogens is 1. The first-order valence-electron chi connectivity index (χ1n) is 6.34. The first-order valence-corrected chi connectivity index (χ1v) is 16.6. The molecule has 0 aliphatic carbocycles. The SMILES string of the molecule is C=C(O[SiH2][SiH2][SiH3])c1ccc(Cc2ccc(F)cc2)o1. The molecule has 0 fully saturated rings. The summed E-state index contributed by atoms with van der Waals surface area (Å²) in [6.45, 7) is 3.90. The summed E-state index contributed by atoms with van der Waals surface area (Å²) < 4.78 is 24.2. The average molecular weight is 309 g/mol. The molecule has 2 aromatic rings. The van der Waals surface area contributed by atoms with Crippen LogP contribution in [0.25, 0.3) is 5.76 Å². The van der Waals surface area contributed by atoms with Crippen molar-refractivity contribution in [1.29, 1.82) is 0 Å². The molecule has 1 heterocycles. The van der Waals surface area contributed by atoms with E-state index in [9.17, 15) is 4.39 Å². The Balaban J connectivity index is 2.01. The Hall–Kier alpha value is -1.38. The maximum absolute atomic E-state index is 12.8. The van der Waals surface area contributed by atoms with Crippen molar-refractivity contribution in [1.82, 2.24) is 0 Å². The molecule has 0 radical (unpaired) electrons. The van der Waals surface area contributed by atoms with Crippen molar-refractivity contribution in [3.8, 4) is 0 Å². The fraction of sp³-hybridized carbons (Fsp3) is 0.0769. The molecule has 0 unspecified atom stereocenters. The fourth-order valence-electron chi connectivity index (χ4n) is 1.72. The zero-order chi connectivity index (χ0) is 13.7. The molecule has 0 spiro atoms. The maximum atomic E-state index is 12.8. The lowest BCUT2D eigenvalue weighted by Crippen LogP contribution is -2.06. The van der Waals surface area contributed by atoms with Gasteiger partial charge in [0.05, 0.1) is 0 Å². The van der Waals surface area contributed by atoms with Crippen molar-refractivity contribution < 1.29 is 13.2 Å². The lowest BCUT2D eigenvalue weighted by atomic mass is 10.1. The summed E-state index contributed by atoms with van der Waals surface area (Å²) >= 11 is 0. The van der Waals surface area contributed by atoms with Crippen LogP contribution in [0.5, 0.6) is 0 Å². The van der Waals surface area contributed by atoms with Crippen molar-refractivity contribution in [2.24, 2.45) is 0 Å². The minimum Gasteiger partial charge on any atom is -0.552 e. The molecule has 1 aromatic carbocycles. The number of furan rings is 1. The Kier molecular flexibility index (Phi) is 4.94. The number of rotatable bonds is 6. The van der Waals surface area contributed by atoms with Crippen LogP contribution in [0, 0.1) is 5.82 Å². The molecule has 0 N–H and O–H groups in total. The first-order chi connectivity index (χ1) is 9.19. The Morgan fingerprint density at radius 1 is 1.26 bits per heavy atom. The van der Waals surface area contributed by atoms with E-state index in [1.54, 1.807) is 12.1 Å². The van der Waals surface area contributed by atoms with Gasteiger partial charge in [-0.1, -0.05) is 18.7 Å². The van der Waals surface area contributed by atoms with Crippen LogP contribution in [0.15, 0.2) is 47.4 Å². The zero-order valence-corrected chi connectivity index (χ0v) is 15.8. The Bertz CT molecular complexity index is 551. The number of benzene rings is 1. The third kappa shape index (κ3) is 4.05. The summed E-state index contributed by atoms with van der Waals surface area (Å²) in [5, 5.41) is 0. The van der Waals surface area contributed by atoms with E-state index >= 15 is 0 Å². The van der Waals surface area contributed by atoms with Crippen LogP contribution in [0.1, 0.15) is 17.1 Å². The molecule has 100 valence electrons. The summed E-state index contributed by atoms with van der Waals surface area (Å²) in [4.78, 5) is 0. The van der Waals surface area contributed by atoms with Gasteiger partial charge in [-0.15, -0.1) is 0 Å². The zero-order valence-electron chi connectivity index (χ0n) is 11.0. The van der Waals surface area contributed by atoms with Gasteiger partial charge in [0.2, 0.25) is 0 Å². The summed E-state index contributed by atoms with van der Waals surface area (Å²) in [6.07, 6.45) is 0.653. The normalized spacial score (nSPS) is 11.8. The molecule has 0 saturated heterocycles. The highest BCUT2D eigenvalue weighted by Gasteiger charge is 2.07. The highest BCUT2D eigenvalue weighted by Crippen LogP contribution is 2.19. The van der Waals surface area contributed by atoms with Gasteiger partial charge in [-0.3, -0.25) is 0 Å². The topological polar surface area (TPSA) is 22.4 Å². The Morgan fingerprint density at radius 2 is 2.00 bits per heavy atom. The molecule has 0 saturated carbocycles. The second kappa shape index (κ2) is 6.69. The second-order valence-corrected chi connectivity index (χ2v) is 19.3. The van der Waals surface area contributed by atoms with Crippen molar-refractivity contribution in [2.75, 3.05) is 0 Å². The predicted octanol–water partition coefficient (Wildman–Crippen LogP) is 0.445. The molecule has 2 nitrogen and oxygen atoms in total.